The Kier molecular flexibility index (Phi) is 16.2. The van der Waals surface area contributed by atoms with Crippen molar-refractivity contribution in [1.82, 2.24) is 14.7 Å². The maximum Gasteiger partial charge on any atom is 0.290 e. The molecule has 2 aliphatic heterocycles. The summed E-state index contributed by atoms with van der Waals surface area (Å²) >= 11 is 0. The molecule has 1 aromatic carbocycles. The van der Waals surface area contributed by atoms with Gasteiger partial charge < -0.3 is 33.9 Å². The van der Waals surface area contributed by atoms with Crippen molar-refractivity contribution in [3.8, 4) is 11.5 Å². The van der Waals surface area contributed by atoms with Gasteiger partial charge >= 0.3 is 0 Å². The number of allylic oxidation sites excluding steroid dienone is 3. The van der Waals surface area contributed by atoms with Crippen LogP contribution in [0.2, 0.25) is 0 Å². The SMILES string of the molecule is C/C=C1/OCO/C1=C/C=C/C1CC(COc2ccccc2OC)N(CC(=O)N(CCCC)CCCN(C)C)C1.O=CO. The number of unbranched alkanes of at least 4 members (excludes halogenated alkanes) is 1. The molecule has 2 saturated heterocycles. The van der Waals surface area contributed by atoms with Gasteiger partial charge in [0.15, 0.2) is 23.0 Å². The van der Waals surface area contributed by atoms with Crippen LogP contribution in [0.5, 0.6) is 11.5 Å². The lowest BCUT2D eigenvalue weighted by Gasteiger charge is -2.29. The molecule has 2 fully saturated rings. The molecule has 1 amide bonds. The van der Waals surface area contributed by atoms with E-state index in [4.69, 9.17) is 28.8 Å². The highest BCUT2D eigenvalue weighted by Crippen LogP contribution is 2.29. The highest BCUT2D eigenvalue weighted by atomic mass is 16.7. The van der Waals surface area contributed by atoms with E-state index in [9.17, 15) is 4.79 Å². The lowest BCUT2D eigenvalue weighted by molar-refractivity contribution is -0.133. The number of carbonyl (C=O) groups is 2. The summed E-state index contributed by atoms with van der Waals surface area (Å²) in [6.45, 7) is 8.38. The van der Waals surface area contributed by atoms with Crippen molar-refractivity contribution in [3.05, 3.63) is 60.1 Å². The third kappa shape index (κ3) is 11.8. The van der Waals surface area contributed by atoms with Gasteiger partial charge in [-0.2, -0.15) is 0 Å². The zero-order valence-corrected chi connectivity index (χ0v) is 25.9. The number of nitrogens with zero attached hydrogens (tertiary/aromatic N) is 3. The molecule has 1 aromatic rings. The molecule has 2 heterocycles. The van der Waals surface area contributed by atoms with Crippen LogP contribution in [0, 0.1) is 5.92 Å². The molecule has 2 aliphatic rings. The minimum absolute atomic E-state index is 0.119. The summed E-state index contributed by atoms with van der Waals surface area (Å²) in [5.41, 5.74) is 0. The number of rotatable bonds is 15. The van der Waals surface area contributed by atoms with Crippen LogP contribution in [-0.2, 0) is 19.1 Å². The van der Waals surface area contributed by atoms with Gasteiger partial charge in [0.05, 0.1) is 13.7 Å². The van der Waals surface area contributed by atoms with E-state index < -0.39 is 0 Å². The maximum absolute atomic E-state index is 13.5. The molecular weight excluding hydrogens is 538 g/mol. The van der Waals surface area contributed by atoms with Crippen molar-refractivity contribution in [2.45, 2.75) is 45.6 Å². The fraction of sp³-hybridized carbons (Fsp3) is 0.562. The van der Waals surface area contributed by atoms with Gasteiger partial charge in [0.2, 0.25) is 12.7 Å². The van der Waals surface area contributed by atoms with Gasteiger partial charge in [-0.25, -0.2) is 0 Å². The van der Waals surface area contributed by atoms with Crippen molar-refractivity contribution in [3.63, 3.8) is 0 Å². The number of benzene rings is 1. The standard InChI is InChI=1S/C31H47N3O5.CH2O2/c1-6-8-18-33(19-12-17-32(3)4)31(35)22-34-21-25(13-11-16-29-27(7-2)38-24-39-29)20-26(34)23-37-30-15-10-9-14-28(30)36-5;2-1-3/h7,9-11,13-16,25-26H,6,8,12,17-24H2,1-5H3;1H,(H,2,3)/b13-11+,27-7+,29-16+;. The van der Waals surface area contributed by atoms with Crippen LogP contribution in [0.1, 0.15) is 39.5 Å². The molecule has 42 heavy (non-hydrogen) atoms. The van der Waals surface area contributed by atoms with E-state index in [1.807, 2.05) is 49.4 Å². The van der Waals surface area contributed by atoms with E-state index in [0.29, 0.717) is 24.8 Å². The third-order valence-electron chi connectivity index (χ3n) is 7.13. The Morgan fingerprint density at radius 1 is 1.12 bits per heavy atom. The highest BCUT2D eigenvalue weighted by molar-refractivity contribution is 5.78. The Morgan fingerprint density at radius 3 is 2.48 bits per heavy atom. The predicted octanol–water partition coefficient (Wildman–Crippen LogP) is 4.39. The van der Waals surface area contributed by atoms with E-state index in [2.05, 4.69) is 41.8 Å². The van der Waals surface area contributed by atoms with Crippen LogP contribution in [0.25, 0.3) is 0 Å². The van der Waals surface area contributed by atoms with Gasteiger partial charge in [-0.05, 0) is 77.0 Å². The van der Waals surface area contributed by atoms with E-state index in [1.54, 1.807) is 7.11 Å². The first kappa shape index (κ1) is 34.7. The van der Waals surface area contributed by atoms with Gasteiger partial charge in [0.1, 0.15) is 6.61 Å². The Bertz CT molecular complexity index is 1040. The first-order valence-electron chi connectivity index (χ1n) is 14.7. The summed E-state index contributed by atoms with van der Waals surface area (Å²) < 4.78 is 22.7. The molecule has 1 N–H and O–H groups in total. The van der Waals surface area contributed by atoms with Crippen molar-refractivity contribution >= 4 is 12.4 Å². The van der Waals surface area contributed by atoms with Gasteiger partial charge in [-0.15, -0.1) is 0 Å². The molecule has 0 aliphatic carbocycles. The smallest absolute Gasteiger partial charge is 0.290 e. The number of amides is 1. The molecule has 2 unspecified atom stereocenters. The molecule has 0 aromatic heterocycles. The quantitative estimate of drug-likeness (QED) is 0.299. The van der Waals surface area contributed by atoms with E-state index >= 15 is 0 Å². The van der Waals surface area contributed by atoms with E-state index in [1.165, 1.54) is 0 Å². The van der Waals surface area contributed by atoms with Gasteiger partial charge in [0, 0.05) is 25.7 Å². The van der Waals surface area contributed by atoms with Crippen LogP contribution in [0.15, 0.2) is 60.1 Å². The average Bonchev–Trinajstić information content (AvgIpc) is 3.60. The Balaban J connectivity index is 0.00000197. The third-order valence-corrected chi connectivity index (χ3v) is 7.13. The van der Waals surface area contributed by atoms with Crippen molar-refractivity contribution in [1.29, 1.82) is 0 Å². The summed E-state index contributed by atoms with van der Waals surface area (Å²) in [7, 11) is 5.80. The van der Waals surface area contributed by atoms with Crippen LogP contribution < -0.4 is 9.47 Å². The minimum atomic E-state index is -0.250. The number of hydrogen-bond donors (Lipinski definition) is 1. The van der Waals surface area contributed by atoms with Gasteiger partial charge in [-0.1, -0.05) is 37.6 Å². The van der Waals surface area contributed by atoms with Crippen LogP contribution >= 0.6 is 0 Å². The van der Waals surface area contributed by atoms with Gasteiger partial charge in [-0.3, -0.25) is 14.5 Å². The fourth-order valence-corrected chi connectivity index (χ4v) is 4.97. The average molecular weight is 588 g/mol. The Labute approximate surface area is 251 Å². The second-order valence-electron chi connectivity index (χ2n) is 10.5. The summed E-state index contributed by atoms with van der Waals surface area (Å²) in [6, 6.07) is 7.82. The molecule has 10 heteroatoms. The Hall–Kier alpha value is -3.50. The molecule has 10 nitrogen and oxygen atoms in total. The van der Waals surface area contributed by atoms with Crippen LogP contribution in [0.3, 0.4) is 0 Å². The summed E-state index contributed by atoms with van der Waals surface area (Å²) in [6.07, 6.45) is 12.1. The maximum atomic E-state index is 13.5. The number of methoxy groups -OCH3 is 1. The molecule has 0 radical (unpaired) electrons. The number of ether oxygens (including phenoxy) is 4. The monoisotopic (exact) mass is 587 g/mol. The predicted molar refractivity (Wildman–Crippen MR) is 163 cm³/mol. The second kappa shape index (κ2) is 19.6. The first-order chi connectivity index (χ1) is 20.4. The highest BCUT2D eigenvalue weighted by Gasteiger charge is 2.33. The van der Waals surface area contributed by atoms with Crippen LogP contribution in [0.4, 0.5) is 0 Å². The summed E-state index contributed by atoms with van der Waals surface area (Å²) in [5.74, 6) is 3.45. The van der Waals surface area contributed by atoms with Crippen LogP contribution in [-0.4, -0.2) is 106 Å². The molecule has 0 saturated carbocycles. The molecular formula is C32H49N3O7. The molecule has 3 rings (SSSR count). The zero-order chi connectivity index (χ0) is 30.7. The van der Waals surface area contributed by atoms with Crippen molar-refractivity contribution in [2.24, 2.45) is 5.92 Å². The molecule has 2 atom stereocenters. The van der Waals surface area contributed by atoms with Crippen molar-refractivity contribution in [2.75, 3.05) is 67.3 Å². The van der Waals surface area contributed by atoms with Crippen molar-refractivity contribution < 1.29 is 33.6 Å². The number of carboxylic acid groups (broad SMARTS) is 1. The number of carbonyl (C=O) groups excluding carboxylic acids is 1. The summed E-state index contributed by atoms with van der Waals surface area (Å²) in [5, 5.41) is 6.89. The normalized spacial score (nSPS) is 20.3. The number of likely N-dealkylation sites (tertiary alicyclic amines) is 1. The topological polar surface area (TPSA) is 101 Å². The number of hydrogen-bond acceptors (Lipinski definition) is 8. The Morgan fingerprint density at radius 2 is 1.81 bits per heavy atom. The largest absolute Gasteiger partial charge is 0.493 e. The fourth-order valence-electron chi connectivity index (χ4n) is 4.97. The molecule has 0 bridgehead atoms. The lowest BCUT2D eigenvalue weighted by atomic mass is 10.1. The molecule has 0 spiro atoms. The molecule has 234 valence electrons. The zero-order valence-electron chi connectivity index (χ0n) is 25.9. The van der Waals surface area contributed by atoms with E-state index in [-0.39, 0.29) is 25.2 Å². The minimum Gasteiger partial charge on any atom is -0.493 e. The number of para-hydroxylation sites is 2. The first-order valence-corrected chi connectivity index (χ1v) is 14.7. The van der Waals surface area contributed by atoms with E-state index in [0.717, 1.165) is 69.1 Å². The second-order valence-corrected chi connectivity index (χ2v) is 10.5. The van der Waals surface area contributed by atoms with Gasteiger partial charge in [0.25, 0.3) is 6.47 Å². The summed E-state index contributed by atoms with van der Waals surface area (Å²) in [4.78, 5) is 28.4. The lowest BCUT2D eigenvalue weighted by Crippen LogP contribution is -2.44.